The van der Waals surface area contributed by atoms with Gasteiger partial charge in [0.15, 0.2) is 0 Å². The lowest BCUT2D eigenvalue weighted by molar-refractivity contribution is -0.117. The van der Waals surface area contributed by atoms with Crippen LogP contribution < -0.4 is 5.32 Å². The molecule has 2 aromatic heterocycles. The second-order valence-corrected chi connectivity index (χ2v) is 6.74. The van der Waals surface area contributed by atoms with Crippen molar-refractivity contribution in [2.45, 2.75) is 6.92 Å². The highest BCUT2D eigenvalue weighted by Crippen LogP contribution is 2.31. The molecule has 1 aromatic carbocycles. The van der Waals surface area contributed by atoms with Crippen molar-refractivity contribution in [3.05, 3.63) is 47.0 Å². The average molecular weight is 377 g/mol. The van der Waals surface area contributed by atoms with Crippen LogP contribution in [0.4, 0.5) is 5.82 Å². The number of amides is 1. The van der Waals surface area contributed by atoms with Crippen LogP contribution in [-0.4, -0.2) is 33.9 Å². The predicted molar refractivity (Wildman–Crippen MR) is 95.1 cm³/mol. The van der Waals surface area contributed by atoms with Gasteiger partial charge in [0.2, 0.25) is 10.9 Å². The van der Waals surface area contributed by atoms with Gasteiger partial charge in [-0.3, -0.25) is 4.79 Å². The fraction of sp³-hybridized carbons (Fsp3) is 0.188. The fourth-order valence-electron chi connectivity index (χ4n) is 2.39. The number of carbonyl (C=O) groups excluding carboxylic acids is 1. The van der Waals surface area contributed by atoms with Crippen molar-refractivity contribution in [2.24, 2.45) is 0 Å². The molecule has 1 aliphatic heterocycles. The minimum Gasteiger partial charge on any atom is -0.494 e. The van der Waals surface area contributed by atoms with Gasteiger partial charge in [-0.05, 0) is 19.1 Å². The molecular formula is C16H13ClN4O3S. The molecule has 128 valence electrons. The third kappa shape index (κ3) is 3.06. The first-order chi connectivity index (χ1) is 12.1. The van der Waals surface area contributed by atoms with E-state index in [2.05, 4.69) is 15.4 Å². The number of hydrogen-bond acceptors (Lipinski definition) is 6. The maximum atomic E-state index is 12.3. The number of hydrogen-bond donors (Lipinski definition) is 1. The molecular weight excluding hydrogens is 364 g/mol. The second kappa shape index (κ2) is 6.38. The molecule has 25 heavy (non-hydrogen) atoms. The minimum absolute atomic E-state index is 0.129. The lowest BCUT2D eigenvalue weighted by Crippen LogP contribution is -2.22. The van der Waals surface area contributed by atoms with E-state index in [0.717, 1.165) is 10.4 Å². The summed E-state index contributed by atoms with van der Waals surface area (Å²) in [6.07, 6.45) is 1.31. The summed E-state index contributed by atoms with van der Waals surface area (Å²) >= 11 is 7.63. The number of aryl methyl sites for hydroxylation is 1. The molecule has 0 spiro atoms. The van der Waals surface area contributed by atoms with E-state index in [1.165, 1.54) is 17.6 Å². The summed E-state index contributed by atoms with van der Waals surface area (Å²) in [7, 11) is 0. The van der Waals surface area contributed by atoms with Gasteiger partial charge in [-0.1, -0.05) is 29.0 Å². The first-order valence-electron chi connectivity index (χ1n) is 7.50. The van der Waals surface area contributed by atoms with Crippen LogP contribution in [0.15, 0.2) is 36.3 Å². The number of nitrogens with zero attached hydrogens (tertiary/aromatic N) is 3. The zero-order valence-corrected chi connectivity index (χ0v) is 14.7. The summed E-state index contributed by atoms with van der Waals surface area (Å²) in [5.41, 5.74) is 1.46. The zero-order valence-electron chi connectivity index (χ0n) is 13.2. The van der Waals surface area contributed by atoms with Gasteiger partial charge in [-0.15, -0.1) is 0 Å². The SMILES string of the molecule is Cc1cc(NC(=O)C2=COCCO2)n(-c2nc3c(Cl)cccc3s2)n1. The van der Waals surface area contributed by atoms with Gasteiger partial charge < -0.3 is 14.8 Å². The first-order valence-corrected chi connectivity index (χ1v) is 8.69. The first kappa shape index (κ1) is 15.9. The molecule has 0 atom stereocenters. The van der Waals surface area contributed by atoms with Crippen LogP contribution in [0.1, 0.15) is 5.69 Å². The normalized spacial score (nSPS) is 13.9. The highest BCUT2D eigenvalue weighted by atomic mass is 35.5. The second-order valence-electron chi connectivity index (χ2n) is 5.32. The van der Waals surface area contributed by atoms with Crippen molar-refractivity contribution < 1.29 is 14.3 Å². The van der Waals surface area contributed by atoms with E-state index in [1.807, 2.05) is 19.1 Å². The molecule has 1 N–H and O–H groups in total. The van der Waals surface area contributed by atoms with Crippen LogP contribution in [0.3, 0.4) is 0 Å². The summed E-state index contributed by atoms with van der Waals surface area (Å²) in [6, 6.07) is 7.36. The van der Waals surface area contributed by atoms with Crippen LogP contribution >= 0.6 is 22.9 Å². The van der Waals surface area contributed by atoms with Crippen molar-refractivity contribution in [2.75, 3.05) is 18.5 Å². The smallest absolute Gasteiger partial charge is 0.295 e. The monoisotopic (exact) mass is 376 g/mol. The summed E-state index contributed by atoms with van der Waals surface area (Å²) in [5, 5.41) is 8.39. The summed E-state index contributed by atoms with van der Waals surface area (Å²) in [6.45, 7) is 2.61. The molecule has 3 aromatic rings. The number of rotatable bonds is 3. The molecule has 9 heteroatoms. The number of carbonyl (C=O) groups is 1. The predicted octanol–water partition coefficient (Wildman–Crippen LogP) is 3.27. The van der Waals surface area contributed by atoms with Gasteiger partial charge in [-0.2, -0.15) is 9.78 Å². The standard InChI is InChI=1S/C16H13ClN4O3S/c1-9-7-13(18-15(22)11-8-23-5-6-24-11)21(20-9)16-19-14-10(17)3-2-4-12(14)25-16/h2-4,7-8H,5-6H2,1H3,(H,18,22). The van der Waals surface area contributed by atoms with Gasteiger partial charge >= 0.3 is 0 Å². The highest BCUT2D eigenvalue weighted by molar-refractivity contribution is 7.20. The van der Waals surface area contributed by atoms with Crippen molar-refractivity contribution in [3.63, 3.8) is 0 Å². The van der Waals surface area contributed by atoms with Crippen molar-refractivity contribution in [1.29, 1.82) is 0 Å². The number of halogens is 1. The molecule has 1 aliphatic rings. The molecule has 1 amide bonds. The van der Waals surface area contributed by atoms with Crippen LogP contribution in [0.2, 0.25) is 5.02 Å². The molecule has 0 bridgehead atoms. The van der Waals surface area contributed by atoms with Crippen LogP contribution in [0.25, 0.3) is 15.3 Å². The summed E-state index contributed by atoms with van der Waals surface area (Å²) < 4.78 is 12.9. The highest BCUT2D eigenvalue weighted by Gasteiger charge is 2.19. The van der Waals surface area contributed by atoms with Gasteiger partial charge in [-0.25, -0.2) is 4.98 Å². The van der Waals surface area contributed by atoms with E-state index in [1.54, 1.807) is 16.8 Å². The van der Waals surface area contributed by atoms with E-state index in [4.69, 9.17) is 21.1 Å². The van der Waals surface area contributed by atoms with Crippen LogP contribution in [0, 0.1) is 6.92 Å². The van der Waals surface area contributed by atoms with Crippen LogP contribution in [0.5, 0.6) is 0 Å². The van der Waals surface area contributed by atoms with Crippen molar-refractivity contribution >= 4 is 44.9 Å². The third-order valence-electron chi connectivity index (χ3n) is 3.49. The van der Waals surface area contributed by atoms with Gasteiger partial charge in [0.25, 0.3) is 5.91 Å². The number of para-hydroxylation sites is 1. The Morgan fingerprint density at radius 2 is 2.28 bits per heavy atom. The Bertz CT molecular complexity index is 995. The largest absolute Gasteiger partial charge is 0.494 e. The Labute approximate surface area is 151 Å². The number of aromatic nitrogens is 3. The van der Waals surface area contributed by atoms with E-state index in [-0.39, 0.29) is 5.76 Å². The zero-order chi connectivity index (χ0) is 17.4. The molecule has 0 unspecified atom stereocenters. The van der Waals surface area contributed by atoms with E-state index < -0.39 is 5.91 Å². The Hall–Kier alpha value is -2.58. The van der Waals surface area contributed by atoms with E-state index >= 15 is 0 Å². The quantitative estimate of drug-likeness (QED) is 0.759. The van der Waals surface area contributed by atoms with E-state index in [0.29, 0.717) is 34.7 Å². The number of anilines is 1. The lowest BCUT2D eigenvalue weighted by atomic mass is 10.3. The molecule has 0 radical (unpaired) electrons. The number of thiazole rings is 1. The molecule has 7 nitrogen and oxygen atoms in total. The fourth-order valence-corrected chi connectivity index (χ4v) is 3.62. The van der Waals surface area contributed by atoms with Gasteiger partial charge in [0.05, 0.1) is 15.4 Å². The Kier molecular flexibility index (Phi) is 4.06. The summed E-state index contributed by atoms with van der Waals surface area (Å²) in [4.78, 5) is 16.9. The number of benzene rings is 1. The molecule has 0 saturated carbocycles. The van der Waals surface area contributed by atoms with Crippen LogP contribution in [-0.2, 0) is 14.3 Å². The molecule has 3 heterocycles. The maximum Gasteiger partial charge on any atom is 0.295 e. The Morgan fingerprint density at radius 1 is 1.40 bits per heavy atom. The molecule has 0 saturated heterocycles. The number of fused-ring (bicyclic) bond motifs is 1. The Balaban J connectivity index is 1.69. The summed E-state index contributed by atoms with van der Waals surface area (Å²) in [5.74, 6) is 0.219. The van der Waals surface area contributed by atoms with Crippen molar-refractivity contribution in [1.82, 2.24) is 14.8 Å². The topological polar surface area (TPSA) is 78.3 Å². The minimum atomic E-state index is -0.403. The van der Waals surface area contributed by atoms with Gasteiger partial charge in [0.1, 0.15) is 30.8 Å². The number of nitrogens with one attached hydrogen (secondary N) is 1. The molecule has 0 fully saturated rings. The average Bonchev–Trinajstić information content (AvgIpc) is 3.20. The van der Waals surface area contributed by atoms with Crippen molar-refractivity contribution in [3.8, 4) is 5.13 Å². The van der Waals surface area contributed by atoms with Gasteiger partial charge in [0, 0.05) is 6.07 Å². The molecule has 4 rings (SSSR count). The maximum absolute atomic E-state index is 12.3. The third-order valence-corrected chi connectivity index (χ3v) is 4.79. The Morgan fingerprint density at radius 3 is 3.04 bits per heavy atom. The lowest BCUT2D eigenvalue weighted by Gasteiger charge is -2.15. The van der Waals surface area contributed by atoms with E-state index in [9.17, 15) is 4.79 Å². The molecule has 0 aliphatic carbocycles. The number of ether oxygens (including phenoxy) is 2.